The van der Waals surface area contributed by atoms with Crippen molar-refractivity contribution in [1.29, 1.82) is 0 Å². The molecule has 0 bridgehead atoms. The first-order chi connectivity index (χ1) is 12.0. The van der Waals surface area contributed by atoms with E-state index in [9.17, 15) is 9.59 Å². The maximum absolute atomic E-state index is 13.1. The average Bonchev–Trinajstić information content (AvgIpc) is 2.63. The Hall–Kier alpha value is -2.24. The lowest BCUT2D eigenvalue weighted by Gasteiger charge is -2.29. The highest BCUT2D eigenvalue weighted by Gasteiger charge is 2.31. The van der Waals surface area contributed by atoms with Gasteiger partial charge in [0.15, 0.2) is 11.5 Å². The number of hydrogen-bond donors (Lipinski definition) is 0. The fourth-order valence-electron chi connectivity index (χ4n) is 2.85. The van der Waals surface area contributed by atoms with E-state index in [1.807, 2.05) is 0 Å². The summed E-state index contributed by atoms with van der Waals surface area (Å²) in [5.74, 6) is 0.358. The number of rotatable bonds is 3. The topological polar surface area (TPSA) is 55.8 Å². The second kappa shape index (κ2) is 6.94. The summed E-state index contributed by atoms with van der Waals surface area (Å²) in [5, 5.41) is 0.525. The molecule has 1 aliphatic heterocycles. The molecule has 0 atom stereocenters. The first-order valence-corrected chi connectivity index (χ1v) is 8.28. The predicted octanol–water partition coefficient (Wildman–Crippen LogP) is 4.24. The van der Waals surface area contributed by atoms with Gasteiger partial charge < -0.3 is 14.4 Å². The normalized spacial score (nSPS) is 13.4. The van der Waals surface area contributed by atoms with Crippen LogP contribution in [0.25, 0.3) is 0 Å². The van der Waals surface area contributed by atoms with Crippen LogP contribution >= 0.6 is 23.2 Å². The summed E-state index contributed by atoms with van der Waals surface area (Å²) in [4.78, 5) is 26.9. The molecule has 130 valence electrons. The first-order valence-electron chi connectivity index (χ1n) is 7.53. The maximum Gasteiger partial charge on any atom is 0.263 e. The molecule has 0 aliphatic carbocycles. The number of ketones is 1. The van der Waals surface area contributed by atoms with Gasteiger partial charge in [-0.05, 0) is 30.3 Å². The number of nitrogens with zero attached hydrogens (tertiary/aromatic N) is 1. The van der Waals surface area contributed by atoms with E-state index in [2.05, 4.69) is 0 Å². The number of amides is 1. The molecule has 0 saturated heterocycles. The number of anilines is 1. The smallest absolute Gasteiger partial charge is 0.263 e. The standard InChI is InChI=1S/C18H15Cl2NO4/c1-24-10-3-6-14-11(9-10)15(22)7-8-21(14)18(23)16-12(19)4-5-13(20)17(16)25-2/h3-6,9H,7-8H2,1-2H3. The van der Waals surface area contributed by atoms with Crippen LogP contribution in [0.4, 0.5) is 5.69 Å². The minimum atomic E-state index is -0.372. The van der Waals surface area contributed by atoms with Crippen molar-refractivity contribution in [3.8, 4) is 11.5 Å². The highest BCUT2D eigenvalue weighted by Crippen LogP contribution is 2.38. The molecule has 2 aromatic carbocycles. The van der Waals surface area contributed by atoms with E-state index in [4.69, 9.17) is 32.7 Å². The van der Waals surface area contributed by atoms with Crippen LogP contribution in [-0.2, 0) is 0 Å². The molecule has 0 radical (unpaired) electrons. The maximum atomic E-state index is 13.1. The molecular weight excluding hydrogens is 365 g/mol. The van der Waals surface area contributed by atoms with Crippen molar-refractivity contribution < 1.29 is 19.1 Å². The number of Topliss-reactive ketones (excluding diaryl/α,β-unsaturated/α-hetero) is 1. The minimum Gasteiger partial charge on any atom is -0.497 e. The second-order valence-corrected chi connectivity index (χ2v) is 6.26. The molecule has 1 amide bonds. The number of fused-ring (bicyclic) bond motifs is 1. The van der Waals surface area contributed by atoms with Gasteiger partial charge >= 0.3 is 0 Å². The molecule has 3 rings (SSSR count). The molecule has 5 nitrogen and oxygen atoms in total. The summed E-state index contributed by atoms with van der Waals surface area (Å²) in [5.41, 5.74) is 1.13. The van der Waals surface area contributed by atoms with Gasteiger partial charge in [0.25, 0.3) is 5.91 Å². The van der Waals surface area contributed by atoms with Crippen molar-refractivity contribution in [1.82, 2.24) is 0 Å². The molecule has 0 spiro atoms. The Morgan fingerprint density at radius 3 is 2.48 bits per heavy atom. The molecular formula is C18H15Cl2NO4. The molecule has 2 aromatic rings. The fourth-order valence-corrected chi connectivity index (χ4v) is 3.31. The number of carbonyl (C=O) groups is 2. The third-order valence-electron chi connectivity index (χ3n) is 4.08. The van der Waals surface area contributed by atoms with E-state index < -0.39 is 0 Å². The number of halogens is 2. The first kappa shape index (κ1) is 17.6. The Kier molecular flexibility index (Phi) is 4.88. The quantitative estimate of drug-likeness (QED) is 0.799. The van der Waals surface area contributed by atoms with Crippen molar-refractivity contribution in [3.63, 3.8) is 0 Å². The highest BCUT2D eigenvalue weighted by molar-refractivity contribution is 6.38. The van der Waals surface area contributed by atoms with Crippen molar-refractivity contribution in [2.45, 2.75) is 6.42 Å². The molecule has 0 fully saturated rings. The summed E-state index contributed by atoms with van der Waals surface area (Å²) >= 11 is 12.3. The lowest BCUT2D eigenvalue weighted by atomic mass is 9.99. The minimum absolute atomic E-state index is 0.0397. The van der Waals surface area contributed by atoms with E-state index in [0.29, 0.717) is 22.0 Å². The number of hydrogen-bond acceptors (Lipinski definition) is 4. The van der Waals surface area contributed by atoms with Crippen molar-refractivity contribution in [2.75, 3.05) is 25.7 Å². The van der Waals surface area contributed by atoms with E-state index in [-0.39, 0.29) is 41.0 Å². The van der Waals surface area contributed by atoms with E-state index in [0.717, 1.165) is 0 Å². The lowest BCUT2D eigenvalue weighted by molar-refractivity contribution is 0.0953. The molecule has 0 aromatic heterocycles. The molecule has 1 heterocycles. The Balaban J connectivity index is 2.10. The van der Waals surface area contributed by atoms with Crippen LogP contribution in [0.5, 0.6) is 11.5 Å². The monoisotopic (exact) mass is 379 g/mol. The van der Waals surface area contributed by atoms with Crippen LogP contribution in [-0.4, -0.2) is 32.5 Å². The van der Waals surface area contributed by atoms with Crippen molar-refractivity contribution in [3.05, 3.63) is 51.5 Å². The summed E-state index contributed by atoms with van der Waals surface area (Å²) in [6.45, 7) is 0.253. The molecule has 1 aliphatic rings. The Morgan fingerprint density at radius 1 is 1.08 bits per heavy atom. The summed E-state index contributed by atoms with van der Waals surface area (Å²) in [6.07, 6.45) is 0.215. The van der Waals surface area contributed by atoms with Crippen LogP contribution < -0.4 is 14.4 Å². The van der Waals surface area contributed by atoms with Crippen LogP contribution in [0.3, 0.4) is 0 Å². The van der Waals surface area contributed by atoms with Gasteiger partial charge in [0, 0.05) is 18.5 Å². The molecule has 25 heavy (non-hydrogen) atoms. The number of benzene rings is 2. The largest absolute Gasteiger partial charge is 0.497 e. The van der Waals surface area contributed by atoms with Crippen molar-refractivity contribution in [2.24, 2.45) is 0 Å². The highest BCUT2D eigenvalue weighted by atomic mass is 35.5. The third-order valence-corrected chi connectivity index (χ3v) is 4.69. The van der Waals surface area contributed by atoms with Gasteiger partial charge in [0.2, 0.25) is 0 Å². The van der Waals surface area contributed by atoms with Gasteiger partial charge in [-0.1, -0.05) is 23.2 Å². The lowest BCUT2D eigenvalue weighted by Crippen LogP contribution is -2.37. The molecule has 0 saturated carbocycles. The molecule has 0 N–H and O–H groups in total. The van der Waals surface area contributed by atoms with Gasteiger partial charge in [-0.15, -0.1) is 0 Å². The zero-order valence-corrected chi connectivity index (χ0v) is 15.1. The Morgan fingerprint density at radius 2 is 1.80 bits per heavy atom. The second-order valence-electron chi connectivity index (χ2n) is 5.45. The summed E-state index contributed by atoms with van der Waals surface area (Å²) < 4.78 is 10.4. The van der Waals surface area contributed by atoms with Gasteiger partial charge in [-0.2, -0.15) is 0 Å². The van der Waals surface area contributed by atoms with Crippen LogP contribution in [0, 0.1) is 0 Å². The summed E-state index contributed by atoms with van der Waals surface area (Å²) in [6, 6.07) is 8.14. The number of ether oxygens (including phenoxy) is 2. The van der Waals surface area contributed by atoms with Crippen LogP contribution in [0.1, 0.15) is 27.1 Å². The van der Waals surface area contributed by atoms with Gasteiger partial charge in [-0.3, -0.25) is 9.59 Å². The molecule has 7 heteroatoms. The third kappa shape index (κ3) is 3.05. The zero-order valence-electron chi connectivity index (χ0n) is 13.6. The van der Waals surface area contributed by atoms with E-state index >= 15 is 0 Å². The predicted molar refractivity (Wildman–Crippen MR) is 96.6 cm³/mol. The SMILES string of the molecule is COc1ccc2c(c1)C(=O)CCN2C(=O)c1c(Cl)ccc(Cl)c1OC. The summed E-state index contributed by atoms with van der Waals surface area (Å²) in [7, 11) is 2.95. The number of carbonyl (C=O) groups excluding carboxylic acids is 2. The average molecular weight is 380 g/mol. The zero-order chi connectivity index (χ0) is 18.1. The number of methoxy groups -OCH3 is 2. The Labute approximate surface area is 155 Å². The van der Waals surface area contributed by atoms with Gasteiger partial charge in [-0.25, -0.2) is 0 Å². The van der Waals surface area contributed by atoms with Crippen molar-refractivity contribution >= 4 is 40.6 Å². The van der Waals surface area contributed by atoms with Gasteiger partial charge in [0.1, 0.15) is 11.3 Å². The van der Waals surface area contributed by atoms with E-state index in [1.54, 1.807) is 30.3 Å². The van der Waals surface area contributed by atoms with Gasteiger partial charge in [0.05, 0.1) is 30.0 Å². The Bertz CT molecular complexity index is 866. The molecule has 0 unspecified atom stereocenters. The van der Waals surface area contributed by atoms with Crippen LogP contribution in [0.15, 0.2) is 30.3 Å². The fraction of sp³-hybridized carbons (Fsp3) is 0.222. The van der Waals surface area contributed by atoms with E-state index in [1.165, 1.54) is 19.1 Å². The van der Waals surface area contributed by atoms with Crippen LogP contribution in [0.2, 0.25) is 10.0 Å².